The van der Waals surface area contributed by atoms with E-state index in [4.69, 9.17) is 16.5 Å². The van der Waals surface area contributed by atoms with E-state index in [0.717, 1.165) is 12.1 Å². The van der Waals surface area contributed by atoms with E-state index in [-0.39, 0.29) is 0 Å². The van der Waals surface area contributed by atoms with Crippen LogP contribution in [-0.2, 0) is 16.5 Å². The summed E-state index contributed by atoms with van der Waals surface area (Å²) in [7, 11) is -9.90. The maximum Gasteiger partial charge on any atom is 0.314 e. The molecule has 0 heterocycles. The van der Waals surface area contributed by atoms with E-state index in [9.17, 15) is 0 Å². The summed E-state index contributed by atoms with van der Waals surface area (Å²) in [6.07, 6.45) is 0. The Morgan fingerprint density at radius 3 is 0.870 bits per heavy atom. The molecule has 0 radical (unpaired) electrons. The summed E-state index contributed by atoms with van der Waals surface area (Å²) in [5.41, 5.74) is 0. The Hall–Kier alpha value is 0.924. The predicted molar refractivity (Wildman–Crippen MR) is 113 cm³/mol. The van der Waals surface area contributed by atoms with Gasteiger partial charge in [0, 0.05) is 0 Å². The summed E-state index contributed by atoms with van der Waals surface area (Å²) in [6.45, 7) is 26.3. The van der Waals surface area contributed by atoms with Crippen molar-refractivity contribution < 1.29 is 16.5 Å². The molecule has 0 N–H and O–H groups in total. The fraction of sp³-hybridized carbons (Fsp3) is 1.00. The van der Waals surface area contributed by atoms with Crippen LogP contribution in [0.3, 0.4) is 0 Å². The molecule has 0 bridgehead atoms. The molecule has 0 unspecified atom stereocenters. The Kier molecular flexibility index (Phi) is 8.41. The lowest BCUT2D eigenvalue weighted by Crippen LogP contribution is -2.58. The molecule has 0 fully saturated rings. The highest BCUT2D eigenvalue weighted by Crippen LogP contribution is 2.27. The third-order valence-corrected chi connectivity index (χ3v) is 23.4. The fourth-order valence-electron chi connectivity index (χ4n) is 2.72. The average molecular weight is 413 g/mol. The van der Waals surface area contributed by atoms with Crippen LogP contribution in [0.15, 0.2) is 0 Å². The Labute approximate surface area is 150 Å². The molecule has 0 saturated carbocycles. The van der Waals surface area contributed by atoms with Gasteiger partial charge in [-0.1, -0.05) is 13.8 Å². The first-order chi connectivity index (χ1) is 9.95. The molecule has 0 amide bonds. The maximum absolute atomic E-state index is 6.49. The van der Waals surface area contributed by atoms with Gasteiger partial charge in [-0.3, -0.25) is 0 Å². The highest BCUT2D eigenvalue weighted by molar-refractivity contribution is 6.90. The zero-order chi connectivity index (χ0) is 18.7. The van der Waals surface area contributed by atoms with Crippen molar-refractivity contribution in [3.63, 3.8) is 0 Å². The van der Waals surface area contributed by atoms with Crippen molar-refractivity contribution in [3.05, 3.63) is 0 Å². The smallest absolute Gasteiger partial charge is 0.314 e. The normalized spacial score (nSPS) is 15.1. The van der Waals surface area contributed by atoms with Crippen LogP contribution in [0.5, 0.6) is 0 Å². The van der Waals surface area contributed by atoms with Gasteiger partial charge in [-0.2, -0.15) is 0 Å². The first-order valence-corrected chi connectivity index (χ1v) is 23.4. The van der Waals surface area contributed by atoms with Gasteiger partial charge in [0.1, 0.15) is 0 Å². The van der Waals surface area contributed by atoms with E-state index in [1.807, 2.05) is 0 Å². The van der Waals surface area contributed by atoms with Crippen LogP contribution in [0.1, 0.15) is 13.8 Å². The highest BCUT2D eigenvalue weighted by atomic mass is 28.5. The van der Waals surface area contributed by atoms with Gasteiger partial charge in [-0.15, -0.1) is 0 Å². The fourth-order valence-corrected chi connectivity index (χ4v) is 25.6. The molecule has 0 rings (SSSR count). The van der Waals surface area contributed by atoms with Gasteiger partial charge in [-0.25, -0.2) is 0 Å². The van der Waals surface area contributed by atoms with E-state index >= 15 is 0 Å². The lowest BCUT2D eigenvalue weighted by Gasteiger charge is -2.42. The molecule has 0 spiro atoms. The van der Waals surface area contributed by atoms with Crippen LogP contribution >= 0.6 is 0 Å². The van der Waals surface area contributed by atoms with E-state index in [0.29, 0.717) is 0 Å². The molecule has 0 aliphatic heterocycles. The lowest BCUT2D eigenvalue weighted by molar-refractivity contribution is 0.298. The van der Waals surface area contributed by atoms with Gasteiger partial charge in [0.05, 0.1) is 0 Å². The Morgan fingerprint density at radius 1 is 0.435 bits per heavy atom. The largest absolute Gasteiger partial charge is 0.436 e. The van der Waals surface area contributed by atoms with E-state index in [1.165, 1.54) is 0 Å². The van der Waals surface area contributed by atoms with Gasteiger partial charge in [-0.05, 0) is 77.6 Å². The van der Waals surface area contributed by atoms with E-state index in [2.05, 4.69) is 79.3 Å². The molecule has 23 heavy (non-hydrogen) atoms. The third-order valence-electron chi connectivity index (χ3n) is 3.73. The second-order valence-electron chi connectivity index (χ2n) is 8.83. The molecule has 9 heteroatoms. The van der Waals surface area contributed by atoms with Gasteiger partial charge in [0.15, 0.2) is 16.6 Å². The monoisotopic (exact) mass is 412 g/mol. The SMILES string of the molecule is CC[Si](C)(C)O[Si](C)(C)O[Si](C)(C)O[Si](C)(C)O[Si](C)(C)CC. The summed E-state index contributed by atoms with van der Waals surface area (Å²) < 4.78 is 25.9. The van der Waals surface area contributed by atoms with Crippen LogP contribution in [0.25, 0.3) is 0 Å². The number of hydrogen-bond acceptors (Lipinski definition) is 4. The first-order valence-electron chi connectivity index (χ1n) is 8.75. The zero-order valence-corrected chi connectivity index (χ0v) is 22.5. The van der Waals surface area contributed by atoms with Crippen molar-refractivity contribution in [2.24, 2.45) is 0 Å². The highest BCUT2D eigenvalue weighted by Gasteiger charge is 2.45. The minimum Gasteiger partial charge on any atom is -0.436 e. The van der Waals surface area contributed by atoms with Crippen molar-refractivity contribution in [2.45, 2.75) is 91.4 Å². The molecule has 140 valence electrons. The molecule has 0 aromatic rings. The Balaban J connectivity index is 4.93. The molecule has 0 aliphatic rings. The number of hydrogen-bond donors (Lipinski definition) is 0. The first kappa shape index (κ1) is 23.9. The standard InChI is InChI=1S/C14H40O4Si5/c1-13-19(3,4)15-21(7,8)17-23(11,12)18-22(9,10)16-20(5,6)14-2/h13-14H2,1-12H3. The molecular weight excluding hydrogens is 373 g/mol. The van der Waals surface area contributed by atoms with Crippen molar-refractivity contribution in [1.29, 1.82) is 0 Å². The van der Waals surface area contributed by atoms with Crippen LogP contribution in [0.2, 0.25) is 77.6 Å². The molecule has 0 aromatic carbocycles. The minimum atomic E-state index is -2.28. The average Bonchev–Trinajstić information content (AvgIpc) is 2.22. The summed E-state index contributed by atoms with van der Waals surface area (Å²) >= 11 is 0. The van der Waals surface area contributed by atoms with Crippen LogP contribution in [-0.4, -0.2) is 42.3 Å². The van der Waals surface area contributed by atoms with Gasteiger partial charge in [0.25, 0.3) is 0 Å². The molecule has 0 aromatic heterocycles. The summed E-state index contributed by atoms with van der Waals surface area (Å²) in [5, 5.41) is 0. The summed E-state index contributed by atoms with van der Waals surface area (Å²) in [4.78, 5) is 0. The number of rotatable bonds is 10. The van der Waals surface area contributed by atoms with Gasteiger partial charge >= 0.3 is 25.7 Å². The third kappa shape index (κ3) is 10.5. The Bertz CT molecular complexity index is 349. The Morgan fingerprint density at radius 2 is 0.652 bits per heavy atom. The molecule has 0 saturated heterocycles. The second kappa shape index (κ2) is 8.08. The topological polar surface area (TPSA) is 36.9 Å². The maximum atomic E-state index is 6.49. The lowest BCUT2D eigenvalue weighted by atomic mass is 11.0. The van der Waals surface area contributed by atoms with Crippen molar-refractivity contribution in [3.8, 4) is 0 Å². The summed E-state index contributed by atoms with van der Waals surface area (Å²) in [5.74, 6) is 0. The molecule has 4 nitrogen and oxygen atoms in total. The minimum absolute atomic E-state index is 1.11. The molecule has 0 aliphatic carbocycles. The van der Waals surface area contributed by atoms with Crippen molar-refractivity contribution >= 4 is 42.3 Å². The summed E-state index contributed by atoms with van der Waals surface area (Å²) in [6, 6.07) is 2.21. The van der Waals surface area contributed by atoms with Crippen molar-refractivity contribution in [2.75, 3.05) is 0 Å². The molecular formula is C14H40O4Si5. The van der Waals surface area contributed by atoms with Crippen LogP contribution < -0.4 is 0 Å². The van der Waals surface area contributed by atoms with E-state index in [1.54, 1.807) is 0 Å². The van der Waals surface area contributed by atoms with Crippen LogP contribution in [0.4, 0.5) is 0 Å². The second-order valence-corrected chi connectivity index (χ2v) is 29.0. The molecule has 0 atom stereocenters. The quantitative estimate of drug-likeness (QED) is 0.437. The van der Waals surface area contributed by atoms with E-state index < -0.39 is 42.3 Å². The predicted octanol–water partition coefficient (Wildman–Crippen LogP) is 5.61. The van der Waals surface area contributed by atoms with Crippen molar-refractivity contribution in [1.82, 2.24) is 0 Å². The van der Waals surface area contributed by atoms with Gasteiger partial charge in [0.2, 0.25) is 0 Å². The zero-order valence-electron chi connectivity index (χ0n) is 17.5. The van der Waals surface area contributed by atoms with Gasteiger partial charge < -0.3 is 16.5 Å². The van der Waals surface area contributed by atoms with Crippen LogP contribution in [0, 0.1) is 0 Å².